The lowest BCUT2D eigenvalue weighted by atomic mass is 10.1. The molecule has 1 aromatic carbocycles. The number of thiazole rings is 1. The average Bonchev–Trinajstić information content (AvgIpc) is 2.93. The minimum absolute atomic E-state index is 0.373. The van der Waals surface area contributed by atoms with Gasteiger partial charge in [-0.05, 0) is 25.0 Å². The minimum atomic E-state index is 0.373. The molecule has 0 N–H and O–H groups in total. The highest BCUT2D eigenvalue weighted by molar-refractivity contribution is 7.15. The van der Waals surface area contributed by atoms with E-state index in [1.807, 2.05) is 48.0 Å². The number of para-hydroxylation sites is 1. The van der Waals surface area contributed by atoms with E-state index >= 15 is 0 Å². The fourth-order valence-corrected chi connectivity index (χ4v) is 3.04. The van der Waals surface area contributed by atoms with Crippen LogP contribution in [0, 0.1) is 13.8 Å². The third-order valence-corrected chi connectivity index (χ3v) is 4.07. The predicted octanol–water partition coefficient (Wildman–Crippen LogP) is 4.54. The predicted molar refractivity (Wildman–Crippen MR) is 78.6 cm³/mol. The maximum atomic E-state index is 6.02. The molecule has 0 bridgehead atoms. The van der Waals surface area contributed by atoms with Crippen LogP contribution in [0.4, 0.5) is 0 Å². The standard InChI is InChI=1S/C14H13ClN2OS/c1-9-4-3-5-10(2)12(9)18-13-11(8-15)17-6-7-19-14(17)16-13/h3-7H,8H2,1-2H3. The number of hydrogen-bond acceptors (Lipinski definition) is 3. The van der Waals surface area contributed by atoms with Crippen LogP contribution in [-0.4, -0.2) is 9.38 Å². The monoisotopic (exact) mass is 292 g/mol. The molecule has 0 radical (unpaired) electrons. The molecule has 0 saturated carbocycles. The quantitative estimate of drug-likeness (QED) is 0.662. The van der Waals surface area contributed by atoms with E-state index in [1.165, 1.54) is 0 Å². The number of aromatic nitrogens is 2. The Labute approximate surface area is 120 Å². The zero-order valence-corrected chi connectivity index (χ0v) is 12.3. The van der Waals surface area contributed by atoms with Gasteiger partial charge in [0, 0.05) is 11.6 Å². The maximum absolute atomic E-state index is 6.02. The van der Waals surface area contributed by atoms with Gasteiger partial charge in [-0.1, -0.05) is 18.2 Å². The summed E-state index contributed by atoms with van der Waals surface area (Å²) < 4.78 is 7.97. The van der Waals surface area contributed by atoms with Gasteiger partial charge in [-0.2, -0.15) is 4.98 Å². The molecule has 3 nitrogen and oxygen atoms in total. The summed E-state index contributed by atoms with van der Waals surface area (Å²) in [6, 6.07) is 6.08. The molecule has 0 fully saturated rings. The molecule has 2 aromatic heterocycles. The summed E-state index contributed by atoms with van der Waals surface area (Å²) in [6.45, 7) is 4.06. The van der Waals surface area contributed by atoms with E-state index in [9.17, 15) is 0 Å². The highest BCUT2D eigenvalue weighted by atomic mass is 35.5. The first-order valence-electron chi connectivity index (χ1n) is 5.95. The number of benzene rings is 1. The van der Waals surface area contributed by atoms with Gasteiger partial charge in [-0.15, -0.1) is 22.9 Å². The van der Waals surface area contributed by atoms with Crippen molar-refractivity contribution in [1.29, 1.82) is 0 Å². The Hall–Kier alpha value is -1.52. The molecular weight excluding hydrogens is 280 g/mol. The molecule has 5 heteroatoms. The van der Waals surface area contributed by atoms with Crippen molar-refractivity contribution in [3.8, 4) is 11.6 Å². The summed E-state index contributed by atoms with van der Waals surface area (Å²) in [7, 11) is 0. The Morgan fingerprint density at radius 2 is 2.05 bits per heavy atom. The van der Waals surface area contributed by atoms with Crippen LogP contribution in [-0.2, 0) is 5.88 Å². The van der Waals surface area contributed by atoms with Gasteiger partial charge in [-0.25, -0.2) is 0 Å². The number of imidazole rings is 1. The van der Waals surface area contributed by atoms with Crippen LogP contribution >= 0.6 is 22.9 Å². The topological polar surface area (TPSA) is 26.5 Å². The number of alkyl halides is 1. The van der Waals surface area contributed by atoms with Crippen molar-refractivity contribution in [2.45, 2.75) is 19.7 Å². The lowest BCUT2D eigenvalue weighted by Crippen LogP contribution is -1.94. The zero-order chi connectivity index (χ0) is 13.4. The zero-order valence-electron chi connectivity index (χ0n) is 10.7. The fourth-order valence-electron chi connectivity index (χ4n) is 2.07. The van der Waals surface area contributed by atoms with Crippen LogP contribution in [0.3, 0.4) is 0 Å². The first-order chi connectivity index (χ1) is 9.20. The highest BCUT2D eigenvalue weighted by Gasteiger charge is 2.15. The number of hydrogen-bond donors (Lipinski definition) is 0. The lowest BCUT2D eigenvalue weighted by Gasteiger charge is -2.10. The molecule has 19 heavy (non-hydrogen) atoms. The lowest BCUT2D eigenvalue weighted by molar-refractivity contribution is 0.454. The summed E-state index contributed by atoms with van der Waals surface area (Å²) in [5.74, 6) is 1.83. The molecule has 0 amide bonds. The first-order valence-corrected chi connectivity index (χ1v) is 7.36. The van der Waals surface area contributed by atoms with Gasteiger partial charge < -0.3 is 4.74 Å². The van der Waals surface area contributed by atoms with Crippen molar-refractivity contribution in [2.24, 2.45) is 0 Å². The van der Waals surface area contributed by atoms with Crippen LogP contribution < -0.4 is 4.74 Å². The molecule has 3 rings (SSSR count). The largest absolute Gasteiger partial charge is 0.437 e. The van der Waals surface area contributed by atoms with E-state index in [1.54, 1.807) is 11.3 Å². The smallest absolute Gasteiger partial charge is 0.243 e. The SMILES string of the molecule is Cc1cccc(C)c1Oc1nc2sccn2c1CCl. The van der Waals surface area contributed by atoms with Crippen molar-refractivity contribution in [3.05, 3.63) is 46.6 Å². The van der Waals surface area contributed by atoms with Crippen molar-refractivity contribution in [2.75, 3.05) is 0 Å². The van der Waals surface area contributed by atoms with Crippen molar-refractivity contribution in [1.82, 2.24) is 9.38 Å². The Balaban J connectivity index is 2.08. The second-order valence-electron chi connectivity index (χ2n) is 4.38. The number of ether oxygens (including phenoxy) is 1. The van der Waals surface area contributed by atoms with Gasteiger partial charge in [0.2, 0.25) is 5.88 Å². The Morgan fingerprint density at radius 1 is 1.32 bits per heavy atom. The third kappa shape index (κ3) is 2.11. The van der Waals surface area contributed by atoms with E-state index in [0.29, 0.717) is 11.8 Å². The normalized spacial score (nSPS) is 11.1. The highest BCUT2D eigenvalue weighted by Crippen LogP contribution is 2.32. The summed E-state index contributed by atoms with van der Waals surface area (Å²) in [4.78, 5) is 5.40. The fraction of sp³-hybridized carbons (Fsp3) is 0.214. The van der Waals surface area contributed by atoms with E-state index < -0.39 is 0 Å². The molecular formula is C14H13ClN2OS. The number of fused-ring (bicyclic) bond motifs is 1. The van der Waals surface area contributed by atoms with Crippen molar-refractivity contribution < 1.29 is 4.74 Å². The average molecular weight is 293 g/mol. The van der Waals surface area contributed by atoms with Crippen LogP contribution in [0.5, 0.6) is 11.6 Å². The van der Waals surface area contributed by atoms with Crippen LogP contribution in [0.2, 0.25) is 0 Å². The molecule has 0 aliphatic heterocycles. The summed E-state index contributed by atoms with van der Waals surface area (Å²) >= 11 is 7.59. The Morgan fingerprint density at radius 3 is 2.74 bits per heavy atom. The van der Waals surface area contributed by atoms with Crippen LogP contribution in [0.15, 0.2) is 29.8 Å². The Kier molecular flexibility index (Phi) is 3.21. The van der Waals surface area contributed by atoms with Crippen LogP contribution in [0.1, 0.15) is 16.8 Å². The van der Waals surface area contributed by atoms with Gasteiger partial charge >= 0.3 is 0 Å². The number of rotatable bonds is 3. The van der Waals surface area contributed by atoms with Crippen molar-refractivity contribution >= 4 is 27.9 Å². The third-order valence-electron chi connectivity index (χ3n) is 3.06. The van der Waals surface area contributed by atoms with Gasteiger partial charge in [-0.3, -0.25) is 4.40 Å². The molecule has 0 aliphatic carbocycles. The molecule has 0 aliphatic rings. The van der Waals surface area contributed by atoms with E-state index in [2.05, 4.69) is 4.98 Å². The van der Waals surface area contributed by atoms with E-state index in [0.717, 1.165) is 27.5 Å². The summed E-state index contributed by atoms with van der Waals surface area (Å²) in [5, 5.41) is 1.99. The maximum Gasteiger partial charge on any atom is 0.243 e. The van der Waals surface area contributed by atoms with Gasteiger partial charge in [0.1, 0.15) is 11.4 Å². The first kappa shape index (κ1) is 12.5. The summed E-state index contributed by atoms with van der Waals surface area (Å²) in [5.41, 5.74) is 3.08. The van der Waals surface area contributed by atoms with E-state index in [4.69, 9.17) is 16.3 Å². The molecule has 98 valence electrons. The number of aryl methyl sites for hydroxylation is 2. The van der Waals surface area contributed by atoms with E-state index in [-0.39, 0.29) is 0 Å². The molecule has 0 atom stereocenters. The molecule has 3 aromatic rings. The molecule has 0 spiro atoms. The molecule has 2 heterocycles. The minimum Gasteiger partial charge on any atom is -0.437 e. The second-order valence-corrected chi connectivity index (χ2v) is 5.52. The summed E-state index contributed by atoms with van der Waals surface area (Å²) in [6.07, 6.45) is 1.96. The number of nitrogens with zero attached hydrogens (tertiary/aromatic N) is 2. The number of halogens is 1. The second kappa shape index (κ2) is 4.87. The Bertz CT molecular complexity index is 712. The van der Waals surface area contributed by atoms with Gasteiger partial charge in [0.05, 0.1) is 5.88 Å². The van der Waals surface area contributed by atoms with Crippen LogP contribution in [0.25, 0.3) is 4.96 Å². The molecule has 0 unspecified atom stereocenters. The molecule has 0 saturated heterocycles. The van der Waals surface area contributed by atoms with Gasteiger partial charge in [0.15, 0.2) is 4.96 Å². The van der Waals surface area contributed by atoms with Gasteiger partial charge in [0.25, 0.3) is 0 Å². The van der Waals surface area contributed by atoms with Crippen molar-refractivity contribution in [3.63, 3.8) is 0 Å².